The van der Waals surface area contributed by atoms with Crippen LogP contribution in [-0.4, -0.2) is 44.8 Å². The molecule has 11 heteroatoms. The summed E-state index contributed by atoms with van der Waals surface area (Å²) in [6.07, 6.45) is 0.219. The maximum absolute atomic E-state index is 12.5. The molecule has 0 saturated heterocycles. The van der Waals surface area contributed by atoms with Gasteiger partial charge in [0.15, 0.2) is 6.10 Å². The molecule has 0 aliphatic heterocycles. The topological polar surface area (TPSA) is 108 Å². The van der Waals surface area contributed by atoms with E-state index in [0.29, 0.717) is 5.69 Å². The molecule has 2 aromatic carbocycles. The van der Waals surface area contributed by atoms with Crippen molar-refractivity contribution < 1.29 is 27.8 Å². The fraction of sp³-hybridized carbons (Fsp3) is 0.167. The van der Waals surface area contributed by atoms with Crippen LogP contribution in [0.1, 0.15) is 17.3 Å². The van der Waals surface area contributed by atoms with Gasteiger partial charge in [0.25, 0.3) is 5.91 Å². The number of tetrazole rings is 1. The quantitative estimate of drug-likeness (QED) is 0.604. The molecule has 150 valence electrons. The van der Waals surface area contributed by atoms with Crippen LogP contribution in [0.2, 0.25) is 0 Å². The van der Waals surface area contributed by atoms with Crippen LogP contribution in [0.3, 0.4) is 0 Å². The number of alkyl halides is 2. The Balaban J connectivity index is 1.62. The molecule has 0 fully saturated rings. The standard InChI is InChI=1S/C18H15F2N5O4/c1-11(16(26)22-14-4-2-3-5-15(14)29-18(19)20)28-17(27)12-6-8-13(9-7-12)25-10-21-23-24-25/h2-11,18H,1H3,(H,22,26)/t11-/m0/s1. The molecule has 1 atom stereocenters. The lowest BCUT2D eigenvalue weighted by molar-refractivity contribution is -0.123. The summed E-state index contributed by atoms with van der Waals surface area (Å²) in [6.45, 7) is -1.68. The second-order valence-electron chi connectivity index (χ2n) is 5.71. The first kappa shape index (κ1) is 19.9. The normalized spacial score (nSPS) is 11.7. The van der Waals surface area contributed by atoms with Gasteiger partial charge in [-0.3, -0.25) is 4.79 Å². The predicted octanol–water partition coefficient (Wildman–Crippen LogP) is 2.45. The molecule has 1 amide bonds. The molecule has 1 aromatic heterocycles. The minimum atomic E-state index is -3.04. The van der Waals surface area contributed by atoms with Crippen molar-refractivity contribution in [1.82, 2.24) is 20.2 Å². The largest absolute Gasteiger partial charge is 0.449 e. The number of esters is 1. The number of benzene rings is 2. The molecule has 29 heavy (non-hydrogen) atoms. The third-order valence-corrected chi connectivity index (χ3v) is 3.73. The monoisotopic (exact) mass is 403 g/mol. The van der Waals surface area contributed by atoms with E-state index < -0.39 is 24.6 Å². The second-order valence-corrected chi connectivity index (χ2v) is 5.71. The summed E-state index contributed by atoms with van der Waals surface area (Å²) in [5.74, 6) is -1.63. The van der Waals surface area contributed by atoms with Crippen molar-refractivity contribution in [3.8, 4) is 11.4 Å². The van der Waals surface area contributed by atoms with Crippen LogP contribution in [0.25, 0.3) is 5.69 Å². The fourth-order valence-electron chi connectivity index (χ4n) is 2.31. The number of carbonyl (C=O) groups excluding carboxylic acids is 2. The number of halogens is 2. The Morgan fingerprint density at radius 1 is 1.10 bits per heavy atom. The van der Waals surface area contributed by atoms with Crippen molar-refractivity contribution in [2.75, 3.05) is 5.32 Å². The minimum absolute atomic E-state index is 0.0338. The summed E-state index contributed by atoms with van der Waals surface area (Å²) in [5.41, 5.74) is 0.877. The van der Waals surface area contributed by atoms with Crippen LogP contribution in [0, 0.1) is 0 Å². The number of rotatable bonds is 7. The highest BCUT2D eigenvalue weighted by atomic mass is 19.3. The zero-order valence-corrected chi connectivity index (χ0v) is 15.0. The number of para-hydroxylation sites is 2. The van der Waals surface area contributed by atoms with Gasteiger partial charge in [-0.2, -0.15) is 8.78 Å². The molecule has 1 heterocycles. The highest BCUT2D eigenvalue weighted by Gasteiger charge is 2.21. The SMILES string of the molecule is C[C@H](OC(=O)c1ccc(-n2cnnn2)cc1)C(=O)Nc1ccccc1OC(F)F. The Bertz CT molecular complexity index is 980. The first-order valence-corrected chi connectivity index (χ1v) is 8.33. The number of ether oxygens (including phenoxy) is 2. The van der Waals surface area contributed by atoms with Crippen LogP contribution in [-0.2, 0) is 9.53 Å². The number of hydrogen-bond donors (Lipinski definition) is 1. The maximum Gasteiger partial charge on any atom is 0.387 e. The molecule has 0 spiro atoms. The minimum Gasteiger partial charge on any atom is -0.449 e. The van der Waals surface area contributed by atoms with Crippen molar-refractivity contribution in [2.45, 2.75) is 19.6 Å². The van der Waals surface area contributed by atoms with E-state index in [1.54, 1.807) is 12.1 Å². The Morgan fingerprint density at radius 3 is 2.48 bits per heavy atom. The molecule has 0 aliphatic carbocycles. The van der Waals surface area contributed by atoms with Crippen molar-refractivity contribution >= 4 is 17.6 Å². The molecule has 0 radical (unpaired) electrons. The van der Waals surface area contributed by atoms with Crippen molar-refractivity contribution in [1.29, 1.82) is 0 Å². The van der Waals surface area contributed by atoms with E-state index in [2.05, 4.69) is 25.6 Å². The van der Waals surface area contributed by atoms with Gasteiger partial charge in [-0.15, -0.1) is 5.10 Å². The van der Waals surface area contributed by atoms with Gasteiger partial charge in [0.2, 0.25) is 0 Å². The lowest BCUT2D eigenvalue weighted by atomic mass is 10.2. The van der Waals surface area contributed by atoms with Gasteiger partial charge in [0, 0.05) is 0 Å². The lowest BCUT2D eigenvalue weighted by Gasteiger charge is -2.15. The molecule has 3 aromatic rings. The van der Waals surface area contributed by atoms with Crippen LogP contribution >= 0.6 is 0 Å². The lowest BCUT2D eigenvalue weighted by Crippen LogP contribution is -2.30. The Labute approximate surface area is 163 Å². The molecular weight excluding hydrogens is 388 g/mol. The van der Waals surface area contributed by atoms with E-state index in [4.69, 9.17) is 4.74 Å². The number of carbonyl (C=O) groups is 2. The molecule has 0 unspecified atom stereocenters. The molecule has 0 saturated carbocycles. The maximum atomic E-state index is 12.5. The van der Waals surface area contributed by atoms with Crippen LogP contribution < -0.4 is 10.1 Å². The molecular formula is C18H15F2N5O4. The van der Waals surface area contributed by atoms with E-state index in [9.17, 15) is 18.4 Å². The molecule has 1 N–H and O–H groups in total. The second kappa shape index (κ2) is 8.87. The van der Waals surface area contributed by atoms with E-state index >= 15 is 0 Å². The van der Waals surface area contributed by atoms with Crippen LogP contribution in [0.15, 0.2) is 54.9 Å². The summed E-state index contributed by atoms with van der Waals surface area (Å²) < 4.78 is 35.8. The fourth-order valence-corrected chi connectivity index (χ4v) is 2.31. The average molecular weight is 403 g/mol. The van der Waals surface area contributed by atoms with Gasteiger partial charge in [-0.1, -0.05) is 12.1 Å². The average Bonchev–Trinajstić information content (AvgIpc) is 3.24. The van der Waals surface area contributed by atoms with Crippen LogP contribution in [0.5, 0.6) is 5.75 Å². The van der Waals surface area contributed by atoms with Gasteiger partial charge in [-0.25, -0.2) is 9.48 Å². The highest BCUT2D eigenvalue weighted by molar-refractivity contribution is 5.98. The number of anilines is 1. The van der Waals surface area contributed by atoms with Crippen LogP contribution in [0.4, 0.5) is 14.5 Å². The molecule has 0 bridgehead atoms. The van der Waals surface area contributed by atoms with Gasteiger partial charge in [-0.05, 0) is 53.7 Å². The van der Waals surface area contributed by atoms with E-state index in [0.717, 1.165) is 0 Å². The predicted molar refractivity (Wildman–Crippen MR) is 95.7 cm³/mol. The summed E-state index contributed by atoms with van der Waals surface area (Å²) in [4.78, 5) is 24.5. The van der Waals surface area contributed by atoms with Crippen molar-refractivity contribution in [2.24, 2.45) is 0 Å². The van der Waals surface area contributed by atoms with Gasteiger partial charge >= 0.3 is 12.6 Å². The number of nitrogens with one attached hydrogen (secondary N) is 1. The summed E-state index contributed by atoms with van der Waals surface area (Å²) in [5, 5.41) is 13.2. The van der Waals surface area contributed by atoms with Gasteiger partial charge < -0.3 is 14.8 Å². The highest BCUT2D eigenvalue weighted by Crippen LogP contribution is 2.25. The van der Waals surface area contributed by atoms with Crippen molar-refractivity contribution in [3.05, 3.63) is 60.4 Å². The van der Waals surface area contributed by atoms with Crippen molar-refractivity contribution in [3.63, 3.8) is 0 Å². The Morgan fingerprint density at radius 2 is 1.83 bits per heavy atom. The zero-order valence-electron chi connectivity index (χ0n) is 15.0. The summed E-state index contributed by atoms with van der Waals surface area (Å²) in [6, 6.07) is 11.9. The smallest absolute Gasteiger partial charge is 0.387 e. The number of amides is 1. The van der Waals surface area contributed by atoms with E-state index in [-0.39, 0.29) is 17.0 Å². The first-order chi connectivity index (χ1) is 13.9. The number of aromatic nitrogens is 4. The Kier molecular flexibility index (Phi) is 6.07. The third-order valence-electron chi connectivity index (χ3n) is 3.73. The molecule has 9 nitrogen and oxygen atoms in total. The molecule has 3 rings (SSSR count). The van der Waals surface area contributed by atoms with Gasteiger partial charge in [0.1, 0.15) is 12.1 Å². The third kappa shape index (κ3) is 5.09. The zero-order chi connectivity index (χ0) is 20.8. The first-order valence-electron chi connectivity index (χ1n) is 8.33. The number of hydrogen-bond acceptors (Lipinski definition) is 7. The van der Waals surface area contributed by atoms with E-state index in [1.807, 2.05) is 0 Å². The van der Waals surface area contributed by atoms with E-state index in [1.165, 1.54) is 54.3 Å². The number of nitrogens with zero attached hydrogens (tertiary/aromatic N) is 4. The molecule has 0 aliphatic rings. The Hall–Kier alpha value is -3.89. The van der Waals surface area contributed by atoms with Gasteiger partial charge in [0.05, 0.1) is 16.9 Å². The summed E-state index contributed by atoms with van der Waals surface area (Å²) >= 11 is 0. The summed E-state index contributed by atoms with van der Waals surface area (Å²) in [7, 11) is 0.